The van der Waals surface area contributed by atoms with E-state index in [-0.39, 0.29) is 5.57 Å². The molecule has 0 bridgehead atoms. The lowest BCUT2D eigenvalue weighted by molar-refractivity contribution is -0.112. The van der Waals surface area contributed by atoms with Crippen molar-refractivity contribution in [3.05, 3.63) is 40.4 Å². The van der Waals surface area contributed by atoms with Crippen molar-refractivity contribution in [2.24, 2.45) is 5.73 Å². The number of halogens is 2. The van der Waals surface area contributed by atoms with Crippen molar-refractivity contribution in [1.82, 2.24) is 0 Å². The highest BCUT2D eigenvalue weighted by molar-refractivity contribution is 6.35. The maximum Gasteiger partial charge on any atom is 0.248 e. The minimum Gasteiger partial charge on any atom is -0.366 e. The van der Waals surface area contributed by atoms with E-state index in [0.717, 1.165) is 0 Å². The van der Waals surface area contributed by atoms with Gasteiger partial charge in [-0.05, 0) is 23.8 Å². The van der Waals surface area contributed by atoms with Crippen LogP contribution in [0.2, 0.25) is 10.0 Å². The average molecular weight is 216 g/mol. The van der Waals surface area contributed by atoms with E-state index in [1.165, 1.54) is 0 Å². The zero-order chi connectivity index (χ0) is 10.0. The Kier molecular flexibility index (Phi) is 2.96. The smallest absolute Gasteiger partial charge is 0.248 e. The molecule has 0 aliphatic heterocycles. The van der Waals surface area contributed by atoms with Crippen LogP contribution in [0.15, 0.2) is 24.8 Å². The molecule has 13 heavy (non-hydrogen) atoms. The molecule has 0 atom stereocenters. The molecule has 0 heterocycles. The molecule has 1 aromatic carbocycles. The van der Waals surface area contributed by atoms with E-state index in [4.69, 9.17) is 28.9 Å². The summed E-state index contributed by atoms with van der Waals surface area (Å²) in [5.41, 5.74) is 5.79. The summed E-state index contributed by atoms with van der Waals surface area (Å²) >= 11 is 11.4. The zero-order valence-corrected chi connectivity index (χ0v) is 8.19. The maximum atomic E-state index is 10.8. The summed E-state index contributed by atoms with van der Waals surface area (Å²) in [6, 6.07) is 4.74. The van der Waals surface area contributed by atoms with Gasteiger partial charge < -0.3 is 5.73 Å². The molecule has 2 N–H and O–H groups in total. The van der Waals surface area contributed by atoms with E-state index < -0.39 is 5.91 Å². The van der Waals surface area contributed by atoms with E-state index in [0.29, 0.717) is 15.6 Å². The normalized spacial score (nSPS) is 9.69. The van der Waals surface area contributed by atoms with Gasteiger partial charge >= 0.3 is 0 Å². The van der Waals surface area contributed by atoms with Crippen LogP contribution in [-0.2, 0) is 4.79 Å². The quantitative estimate of drug-likeness (QED) is 0.758. The summed E-state index contributed by atoms with van der Waals surface area (Å²) < 4.78 is 0. The van der Waals surface area contributed by atoms with Crippen LogP contribution < -0.4 is 5.73 Å². The lowest BCUT2D eigenvalue weighted by atomic mass is 10.1. The van der Waals surface area contributed by atoms with Gasteiger partial charge in [-0.1, -0.05) is 29.8 Å². The second-order valence-corrected chi connectivity index (χ2v) is 3.37. The average Bonchev–Trinajstić information content (AvgIpc) is 2.01. The zero-order valence-electron chi connectivity index (χ0n) is 6.68. The summed E-state index contributed by atoms with van der Waals surface area (Å²) in [4.78, 5) is 10.8. The van der Waals surface area contributed by atoms with Crippen LogP contribution in [0.1, 0.15) is 5.56 Å². The van der Waals surface area contributed by atoms with E-state index in [2.05, 4.69) is 6.58 Å². The Labute approximate surface area is 85.9 Å². The highest BCUT2D eigenvalue weighted by Crippen LogP contribution is 2.22. The summed E-state index contributed by atoms with van der Waals surface area (Å²) in [5, 5.41) is 0.898. The number of benzene rings is 1. The molecule has 1 aromatic rings. The van der Waals surface area contributed by atoms with Crippen molar-refractivity contribution in [1.29, 1.82) is 0 Å². The second kappa shape index (κ2) is 3.81. The maximum absolute atomic E-state index is 10.8. The minimum atomic E-state index is -0.585. The predicted molar refractivity (Wildman–Crippen MR) is 54.7 cm³/mol. The first-order valence-electron chi connectivity index (χ1n) is 3.46. The Morgan fingerprint density at radius 2 is 1.69 bits per heavy atom. The number of nitrogens with two attached hydrogens (primary N) is 1. The summed E-state index contributed by atoms with van der Waals surface area (Å²) in [6.07, 6.45) is 0. The Hall–Kier alpha value is -0.990. The van der Waals surface area contributed by atoms with Gasteiger partial charge in [-0.3, -0.25) is 4.79 Å². The first-order chi connectivity index (χ1) is 6.00. The number of carbonyl (C=O) groups is 1. The van der Waals surface area contributed by atoms with Crippen molar-refractivity contribution in [3.8, 4) is 0 Å². The van der Waals surface area contributed by atoms with Gasteiger partial charge in [0.25, 0.3) is 0 Å². The van der Waals surface area contributed by atoms with Gasteiger partial charge in [-0.2, -0.15) is 0 Å². The van der Waals surface area contributed by atoms with Crippen LogP contribution in [0.3, 0.4) is 0 Å². The van der Waals surface area contributed by atoms with Crippen molar-refractivity contribution in [3.63, 3.8) is 0 Å². The predicted octanol–water partition coefficient (Wildman–Crippen LogP) is 2.49. The molecule has 0 spiro atoms. The third kappa shape index (κ3) is 2.47. The van der Waals surface area contributed by atoms with Gasteiger partial charge in [0.1, 0.15) is 0 Å². The van der Waals surface area contributed by atoms with Crippen LogP contribution in [0.5, 0.6) is 0 Å². The lowest BCUT2D eigenvalue weighted by Crippen LogP contribution is -2.11. The Bertz CT molecular complexity index is 354. The van der Waals surface area contributed by atoms with Gasteiger partial charge in [0.05, 0.1) is 0 Å². The minimum absolute atomic E-state index is 0.199. The van der Waals surface area contributed by atoms with E-state index in [9.17, 15) is 4.79 Å². The van der Waals surface area contributed by atoms with Gasteiger partial charge in [0.15, 0.2) is 0 Å². The SMILES string of the molecule is C=C(C(N)=O)c1cc(Cl)cc(Cl)c1. The fourth-order valence-electron chi connectivity index (χ4n) is 0.870. The monoisotopic (exact) mass is 215 g/mol. The number of primary amides is 1. The summed E-state index contributed by atoms with van der Waals surface area (Å²) in [7, 11) is 0. The molecule has 0 radical (unpaired) electrons. The van der Waals surface area contributed by atoms with Crippen molar-refractivity contribution in [2.45, 2.75) is 0 Å². The second-order valence-electron chi connectivity index (χ2n) is 2.50. The molecule has 0 saturated carbocycles. The highest BCUT2D eigenvalue weighted by Gasteiger charge is 2.06. The topological polar surface area (TPSA) is 43.1 Å². The molecule has 0 aliphatic rings. The van der Waals surface area contributed by atoms with Crippen LogP contribution in [0.4, 0.5) is 0 Å². The number of hydrogen-bond donors (Lipinski definition) is 1. The molecule has 68 valence electrons. The standard InChI is InChI=1S/C9H7Cl2NO/c1-5(9(12)13)6-2-7(10)4-8(11)3-6/h2-4H,1H2,(H2,12,13). The van der Waals surface area contributed by atoms with Crippen molar-refractivity contribution in [2.75, 3.05) is 0 Å². The number of rotatable bonds is 2. The molecule has 0 aliphatic carbocycles. The van der Waals surface area contributed by atoms with Gasteiger partial charge in [-0.15, -0.1) is 0 Å². The van der Waals surface area contributed by atoms with E-state index in [1.54, 1.807) is 18.2 Å². The molecule has 1 amide bonds. The van der Waals surface area contributed by atoms with Crippen LogP contribution in [-0.4, -0.2) is 5.91 Å². The molecule has 0 saturated heterocycles. The molecular weight excluding hydrogens is 209 g/mol. The van der Waals surface area contributed by atoms with Gasteiger partial charge in [0.2, 0.25) is 5.91 Å². The van der Waals surface area contributed by atoms with E-state index in [1.807, 2.05) is 0 Å². The number of hydrogen-bond acceptors (Lipinski definition) is 1. The van der Waals surface area contributed by atoms with Gasteiger partial charge in [-0.25, -0.2) is 0 Å². The summed E-state index contributed by atoms with van der Waals surface area (Å²) in [6.45, 7) is 3.51. The third-order valence-corrected chi connectivity index (χ3v) is 1.94. The highest BCUT2D eigenvalue weighted by atomic mass is 35.5. The van der Waals surface area contributed by atoms with Crippen LogP contribution >= 0.6 is 23.2 Å². The molecule has 0 aromatic heterocycles. The lowest BCUT2D eigenvalue weighted by Gasteiger charge is -2.02. The fraction of sp³-hybridized carbons (Fsp3) is 0. The first kappa shape index (κ1) is 10.1. The van der Waals surface area contributed by atoms with Crippen LogP contribution in [0, 0.1) is 0 Å². The van der Waals surface area contributed by atoms with Gasteiger partial charge in [0, 0.05) is 15.6 Å². The number of carbonyl (C=O) groups excluding carboxylic acids is 1. The van der Waals surface area contributed by atoms with Crippen molar-refractivity contribution < 1.29 is 4.79 Å². The Morgan fingerprint density at radius 1 is 1.23 bits per heavy atom. The van der Waals surface area contributed by atoms with Crippen LogP contribution in [0.25, 0.3) is 5.57 Å². The Morgan fingerprint density at radius 3 is 2.08 bits per heavy atom. The van der Waals surface area contributed by atoms with E-state index >= 15 is 0 Å². The molecular formula is C9H7Cl2NO. The number of amides is 1. The summed E-state index contributed by atoms with van der Waals surface area (Å²) in [5.74, 6) is -0.585. The first-order valence-corrected chi connectivity index (χ1v) is 4.21. The largest absolute Gasteiger partial charge is 0.366 e. The fourth-order valence-corrected chi connectivity index (χ4v) is 1.40. The molecule has 0 fully saturated rings. The Balaban J connectivity index is 3.15. The van der Waals surface area contributed by atoms with Crippen molar-refractivity contribution >= 4 is 34.7 Å². The molecule has 0 unspecified atom stereocenters. The third-order valence-electron chi connectivity index (χ3n) is 1.51. The molecule has 4 heteroatoms. The molecule has 2 nitrogen and oxygen atoms in total. The molecule has 1 rings (SSSR count).